The molecule has 0 radical (unpaired) electrons. The lowest BCUT2D eigenvalue weighted by atomic mass is 10.1. The highest BCUT2D eigenvalue weighted by atomic mass is 16.2. The monoisotopic (exact) mass is 273 g/mol. The van der Waals surface area contributed by atoms with Crippen LogP contribution in [0.2, 0.25) is 0 Å². The van der Waals surface area contributed by atoms with Crippen LogP contribution in [-0.2, 0) is 9.59 Å². The third kappa shape index (κ3) is 2.35. The summed E-state index contributed by atoms with van der Waals surface area (Å²) in [4.78, 5) is 27.3. The van der Waals surface area contributed by atoms with Crippen molar-refractivity contribution in [2.75, 3.05) is 29.4 Å². The Labute approximate surface area is 118 Å². The molecule has 2 heterocycles. The third-order valence-electron chi connectivity index (χ3n) is 4.14. The Morgan fingerprint density at radius 3 is 2.55 bits per heavy atom. The Kier molecular flexibility index (Phi) is 3.34. The van der Waals surface area contributed by atoms with Crippen LogP contribution < -0.4 is 15.5 Å². The molecule has 0 spiro atoms. The van der Waals surface area contributed by atoms with Crippen LogP contribution in [0.25, 0.3) is 0 Å². The summed E-state index contributed by atoms with van der Waals surface area (Å²) in [6.45, 7) is 2.54. The van der Waals surface area contributed by atoms with Crippen LogP contribution in [0.15, 0.2) is 24.3 Å². The van der Waals surface area contributed by atoms with E-state index in [-0.39, 0.29) is 18.2 Å². The fraction of sp³-hybridized carbons (Fsp3) is 0.467. The fourth-order valence-electron chi connectivity index (χ4n) is 2.98. The van der Waals surface area contributed by atoms with Crippen molar-refractivity contribution in [3.63, 3.8) is 0 Å². The molecule has 0 aromatic heterocycles. The zero-order valence-electron chi connectivity index (χ0n) is 11.4. The summed E-state index contributed by atoms with van der Waals surface area (Å²) in [5.41, 5.74) is 7.32. The van der Waals surface area contributed by atoms with Crippen molar-refractivity contribution in [1.82, 2.24) is 0 Å². The molecule has 3 rings (SSSR count). The fourth-order valence-corrected chi connectivity index (χ4v) is 2.98. The maximum absolute atomic E-state index is 12.0. The van der Waals surface area contributed by atoms with Gasteiger partial charge in [-0.2, -0.15) is 0 Å². The van der Waals surface area contributed by atoms with Crippen molar-refractivity contribution < 1.29 is 9.59 Å². The summed E-state index contributed by atoms with van der Waals surface area (Å²) < 4.78 is 0. The van der Waals surface area contributed by atoms with Gasteiger partial charge < -0.3 is 15.5 Å². The number of carbonyl (C=O) groups is 2. The summed E-state index contributed by atoms with van der Waals surface area (Å²) in [5, 5.41) is 0. The van der Waals surface area contributed by atoms with Crippen LogP contribution in [0.3, 0.4) is 0 Å². The van der Waals surface area contributed by atoms with Gasteiger partial charge in [0.25, 0.3) is 0 Å². The number of hydrogen-bond donors (Lipinski definition) is 1. The molecule has 5 heteroatoms. The molecular weight excluding hydrogens is 254 g/mol. The van der Waals surface area contributed by atoms with E-state index in [4.69, 9.17) is 5.73 Å². The maximum Gasteiger partial charge on any atom is 0.227 e. The molecule has 0 unspecified atom stereocenters. The van der Waals surface area contributed by atoms with Crippen molar-refractivity contribution in [2.24, 2.45) is 11.7 Å². The van der Waals surface area contributed by atoms with Crippen LogP contribution in [0.5, 0.6) is 0 Å². The number of hydrogen-bond acceptors (Lipinski definition) is 3. The normalized spacial score (nSPS) is 22.6. The van der Waals surface area contributed by atoms with Crippen LogP contribution in [0.4, 0.5) is 11.4 Å². The smallest absolute Gasteiger partial charge is 0.227 e. The van der Waals surface area contributed by atoms with E-state index in [1.807, 2.05) is 18.2 Å². The predicted octanol–water partition coefficient (Wildman–Crippen LogP) is 1.12. The molecule has 1 aromatic rings. The van der Waals surface area contributed by atoms with E-state index in [0.29, 0.717) is 6.54 Å². The Bertz CT molecular complexity index is 538. The third-order valence-corrected chi connectivity index (χ3v) is 4.14. The van der Waals surface area contributed by atoms with E-state index in [1.165, 1.54) is 12.8 Å². The molecule has 2 saturated heterocycles. The number of rotatable bonds is 3. The second-order valence-electron chi connectivity index (χ2n) is 5.52. The number of nitrogens with two attached hydrogens (primary N) is 1. The first kappa shape index (κ1) is 13.0. The minimum Gasteiger partial charge on any atom is -0.371 e. The second-order valence-corrected chi connectivity index (χ2v) is 5.52. The molecule has 106 valence electrons. The minimum atomic E-state index is -0.392. The van der Waals surface area contributed by atoms with Gasteiger partial charge >= 0.3 is 0 Å². The molecule has 0 aliphatic carbocycles. The lowest BCUT2D eigenvalue weighted by molar-refractivity contribution is -0.123. The lowest BCUT2D eigenvalue weighted by Gasteiger charge is -2.21. The highest BCUT2D eigenvalue weighted by Gasteiger charge is 2.34. The van der Waals surface area contributed by atoms with E-state index in [2.05, 4.69) is 11.0 Å². The highest BCUT2D eigenvalue weighted by molar-refractivity contribution is 6.00. The van der Waals surface area contributed by atoms with Crippen molar-refractivity contribution in [3.8, 4) is 0 Å². The quantitative estimate of drug-likeness (QED) is 0.897. The van der Waals surface area contributed by atoms with Gasteiger partial charge in [0.1, 0.15) is 0 Å². The van der Waals surface area contributed by atoms with E-state index in [1.54, 1.807) is 4.90 Å². The van der Waals surface area contributed by atoms with Gasteiger partial charge in [0, 0.05) is 37.4 Å². The van der Waals surface area contributed by atoms with Crippen LogP contribution in [0, 0.1) is 5.92 Å². The zero-order valence-corrected chi connectivity index (χ0v) is 11.4. The SMILES string of the molecule is NC(=O)[C@@H]1CC(=O)N(c2cccc(N3CCCC3)c2)C1. The van der Waals surface area contributed by atoms with Gasteiger partial charge in [0.05, 0.1) is 5.92 Å². The molecule has 5 nitrogen and oxygen atoms in total. The minimum absolute atomic E-state index is 0.0210. The van der Waals surface area contributed by atoms with Crippen LogP contribution in [-0.4, -0.2) is 31.4 Å². The molecule has 1 aromatic carbocycles. The summed E-state index contributed by atoms with van der Waals surface area (Å²) >= 11 is 0. The summed E-state index contributed by atoms with van der Waals surface area (Å²) in [6.07, 6.45) is 2.66. The first-order valence-electron chi connectivity index (χ1n) is 7.10. The molecule has 2 amide bonds. The summed E-state index contributed by atoms with van der Waals surface area (Å²) in [7, 11) is 0. The first-order valence-corrected chi connectivity index (χ1v) is 7.10. The number of nitrogens with zero attached hydrogens (tertiary/aromatic N) is 2. The maximum atomic E-state index is 12.0. The van der Waals surface area contributed by atoms with Crippen LogP contribution >= 0.6 is 0 Å². The molecule has 0 bridgehead atoms. The topological polar surface area (TPSA) is 66.6 Å². The van der Waals surface area contributed by atoms with E-state index >= 15 is 0 Å². The number of amides is 2. The lowest BCUT2D eigenvalue weighted by Crippen LogP contribution is -2.28. The summed E-state index contributed by atoms with van der Waals surface area (Å²) in [5.74, 6) is -0.776. The van der Waals surface area contributed by atoms with Crippen molar-refractivity contribution >= 4 is 23.2 Å². The largest absolute Gasteiger partial charge is 0.371 e. The van der Waals surface area contributed by atoms with Gasteiger partial charge in [-0.1, -0.05) is 6.07 Å². The standard InChI is InChI=1S/C15H19N3O2/c16-15(20)11-8-14(19)18(10-11)13-5-3-4-12(9-13)17-6-1-2-7-17/h3-5,9,11H,1-2,6-8,10H2,(H2,16,20)/t11-/m1/s1. The van der Waals surface area contributed by atoms with Gasteiger partial charge in [-0.25, -0.2) is 0 Å². The Balaban J connectivity index is 1.81. The Morgan fingerprint density at radius 2 is 1.90 bits per heavy atom. The molecule has 2 aliphatic rings. The molecular formula is C15H19N3O2. The number of anilines is 2. The van der Waals surface area contributed by atoms with Gasteiger partial charge in [-0.05, 0) is 31.0 Å². The number of primary amides is 1. The Morgan fingerprint density at radius 1 is 1.20 bits per heavy atom. The molecule has 20 heavy (non-hydrogen) atoms. The second kappa shape index (κ2) is 5.15. The average Bonchev–Trinajstić information content (AvgIpc) is 3.08. The first-order chi connectivity index (χ1) is 9.65. The molecule has 2 aliphatic heterocycles. The number of carbonyl (C=O) groups excluding carboxylic acids is 2. The van der Waals surface area contributed by atoms with Crippen molar-refractivity contribution in [2.45, 2.75) is 19.3 Å². The highest BCUT2D eigenvalue weighted by Crippen LogP contribution is 2.29. The van der Waals surface area contributed by atoms with E-state index < -0.39 is 5.91 Å². The predicted molar refractivity (Wildman–Crippen MR) is 77.5 cm³/mol. The van der Waals surface area contributed by atoms with Gasteiger partial charge in [-0.3, -0.25) is 9.59 Å². The molecule has 1 atom stereocenters. The van der Waals surface area contributed by atoms with E-state index in [0.717, 1.165) is 24.5 Å². The molecule has 2 N–H and O–H groups in total. The van der Waals surface area contributed by atoms with Crippen molar-refractivity contribution in [1.29, 1.82) is 0 Å². The molecule has 2 fully saturated rings. The van der Waals surface area contributed by atoms with Gasteiger partial charge in [-0.15, -0.1) is 0 Å². The summed E-state index contributed by atoms with van der Waals surface area (Å²) in [6, 6.07) is 7.99. The van der Waals surface area contributed by atoms with Crippen LogP contribution in [0.1, 0.15) is 19.3 Å². The molecule has 0 saturated carbocycles. The van der Waals surface area contributed by atoms with E-state index in [9.17, 15) is 9.59 Å². The number of benzene rings is 1. The van der Waals surface area contributed by atoms with Gasteiger partial charge in [0.15, 0.2) is 0 Å². The zero-order chi connectivity index (χ0) is 14.1. The van der Waals surface area contributed by atoms with Crippen molar-refractivity contribution in [3.05, 3.63) is 24.3 Å². The average molecular weight is 273 g/mol. The Hall–Kier alpha value is -2.04. The van der Waals surface area contributed by atoms with Gasteiger partial charge in [0.2, 0.25) is 11.8 Å².